The van der Waals surface area contributed by atoms with Gasteiger partial charge in [0.25, 0.3) is 0 Å². The molecule has 3 aromatic rings. The van der Waals surface area contributed by atoms with Crippen molar-refractivity contribution < 1.29 is 13.2 Å². The van der Waals surface area contributed by atoms with E-state index in [1.807, 2.05) is 41.8 Å². The van der Waals surface area contributed by atoms with Crippen LogP contribution in [0.5, 0.6) is 0 Å². The summed E-state index contributed by atoms with van der Waals surface area (Å²) in [4.78, 5) is 21.5. The number of benzene rings is 1. The van der Waals surface area contributed by atoms with E-state index < -0.39 is 10.0 Å². The molecule has 158 valence electrons. The first-order chi connectivity index (χ1) is 14.5. The standard InChI is InChI=1S/C21H25N5O3S/c1-2-12-30(28,29)25-11-5-6-16(14-25)21(27)24-17-9-10-20(22-13-17)26-15-23-18-7-3-4-8-19(18)26/h3-4,7-10,13,15-16H,2,5-6,11-12,14H2,1H3,(H,24,27). The van der Waals surface area contributed by atoms with Gasteiger partial charge >= 0.3 is 0 Å². The maximum Gasteiger partial charge on any atom is 0.228 e. The summed E-state index contributed by atoms with van der Waals surface area (Å²) in [5.74, 6) is 0.295. The summed E-state index contributed by atoms with van der Waals surface area (Å²) >= 11 is 0. The summed E-state index contributed by atoms with van der Waals surface area (Å²) < 4.78 is 28.0. The van der Waals surface area contributed by atoms with Crippen molar-refractivity contribution in [2.45, 2.75) is 26.2 Å². The van der Waals surface area contributed by atoms with Crippen molar-refractivity contribution in [3.05, 3.63) is 48.9 Å². The van der Waals surface area contributed by atoms with E-state index in [1.54, 1.807) is 18.6 Å². The third-order valence-electron chi connectivity index (χ3n) is 5.33. The lowest BCUT2D eigenvalue weighted by Crippen LogP contribution is -2.44. The van der Waals surface area contributed by atoms with E-state index in [0.717, 1.165) is 11.0 Å². The number of fused-ring (bicyclic) bond motifs is 1. The van der Waals surface area contributed by atoms with Crippen LogP contribution < -0.4 is 5.32 Å². The van der Waals surface area contributed by atoms with Gasteiger partial charge in [-0.25, -0.2) is 22.7 Å². The molecule has 4 rings (SSSR count). The largest absolute Gasteiger partial charge is 0.324 e. The Kier molecular flexibility index (Phi) is 5.83. The molecule has 3 heterocycles. The zero-order valence-corrected chi connectivity index (χ0v) is 17.7. The number of pyridine rings is 1. The average molecular weight is 428 g/mol. The van der Waals surface area contributed by atoms with Crippen molar-refractivity contribution in [3.63, 3.8) is 0 Å². The molecule has 1 aliphatic heterocycles. The molecular formula is C21H25N5O3S. The van der Waals surface area contributed by atoms with Crippen molar-refractivity contribution in [3.8, 4) is 5.82 Å². The number of piperidine rings is 1. The molecule has 1 aromatic carbocycles. The molecule has 30 heavy (non-hydrogen) atoms. The number of nitrogens with zero attached hydrogens (tertiary/aromatic N) is 4. The maximum atomic E-state index is 12.7. The van der Waals surface area contributed by atoms with Gasteiger partial charge in [0.05, 0.1) is 34.6 Å². The summed E-state index contributed by atoms with van der Waals surface area (Å²) in [5, 5.41) is 2.88. The van der Waals surface area contributed by atoms with Gasteiger partial charge in [0.2, 0.25) is 15.9 Å². The van der Waals surface area contributed by atoms with Crippen molar-refractivity contribution in [2.75, 3.05) is 24.2 Å². The van der Waals surface area contributed by atoms with Crippen LogP contribution in [0.15, 0.2) is 48.9 Å². The second-order valence-electron chi connectivity index (χ2n) is 7.51. The van der Waals surface area contributed by atoms with Gasteiger partial charge in [0.15, 0.2) is 0 Å². The highest BCUT2D eigenvalue weighted by atomic mass is 32.2. The number of para-hydroxylation sites is 2. The quantitative estimate of drug-likeness (QED) is 0.652. The molecule has 0 radical (unpaired) electrons. The Morgan fingerprint density at radius 3 is 2.80 bits per heavy atom. The van der Waals surface area contributed by atoms with E-state index in [9.17, 15) is 13.2 Å². The molecule has 1 N–H and O–H groups in total. The number of hydrogen-bond acceptors (Lipinski definition) is 5. The first-order valence-corrected chi connectivity index (χ1v) is 11.8. The predicted molar refractivity (Wildman–Crippen MR) is 116 cm³/mol. The van der Waals surface area contributed by atoms with Crippen LogP contribution in [-0.4, -0.2) is 52.0 Å². The summed E-state index contributed by atoms with van der Waals surface area (Å²) in [6.07, 6.45) is 5.26. The van der Waals surface area contributed by atoms with Gasteiger partial charge in [-0.3, -0.25) is 9.36 Å². The fraction of sp³-hybridized carbons (Fsp3) is 0.381. The summed E-state index contributed by atoms with van der Waals surface area (Å²) in [6.45, 7) is 2.57. The minimum absolute atomic E-state index is 0.121. The molecular weight excluding hydrogens is 402 g/mol. The smallest absolute Gasteiger partial charge is 0.228 e. The SMILES string of the molecule is CCCS(=O)(=O)N1CCCC(C(=O)Nc2ccc(-n3cnc4ccccc43)nc2)C1. The maximum absolute atomic E-state index is 12.7. The number of carbonyl (C=O) groups is 1. The van der Waals surface area contributed by atoms with E-state index >= 15 is 0 Å². The molecule has 1 atom stereocenters. The Morgan fingerprint density at radius 1 is 1.20 bits per heavy atom. The van der Waals surface area contributed by atoms with E-state index in [-0.39, 0.29) is 24.1 Å². The minimum Gasteiger partial charge on any atom is -0.324 e. The van der Waals surface area contributed by atoms with E-state index in [0.29, 0.717) is 37.3 Å². The van der Waals surface area contributed by atoms with Crippen LogP contribution in [0.4, 0.5) is 5.69 Å². The number of anilines is 1. The van der Waals surface area contributed by atoms with Crippen molar-refractivity contribution in [1.82, 2.24) is 18.8 Å². The molecule has 0 spiro atoms. The highest BCUT2D eigenvalue weighted by Crippen LogP contribution is 2.22. The van der Waals surface area contributed by atoms with Crippen LogP contribution in [-0.2, 0) is 14.8 Å². The third kappa shape index (κ3) is 4.22. The first-order valence-electron chi connectivity index (χ1n) is 10.1. The molecule has 1 amide bonds. The van der Waals surface area contributed by atoms with Crippen LogP contribution >= 0.6 is 0 Å². The molecule has 1 unspecified atom stereocenters. The summed E-state index contributed by atoms with van der Waals surface area (Å²) in [6, 6.07) is 11.4. The highest BCUT2D eigenvalue weighted by Gasteiger charge is 2.31. The lowest BCUT2D eigenvalue weighted by molar-refractivity contribution is -0.120. The lowest BCUT2D eigenvalue weighted by atomic mass is 9.99. The Balaban J connectivity index is 1.44. The number of imidazole rings is 1. The fourth-order valence-electron chi connectivity index (χ4n) is 3.78. The zero-order chi connectivity index (χ0) is 21.1. The first kappa shape index (κ1) is 20.5. The molecule has 8 nitrogen and oxygen atoms in total. The highest BCUT2D eigenvalue weighted by molar-refractivity contribution is 7.89. The Morgan fingerprint density at radius 2 is 2.03 bits per heavy atom. The Bertz CT molecular complexity index is 1140. The van der Waals surface area contributed by atoms with Crippen molar-refractivity contribution in [1.29, 1.82) is 0 Å². The molecule has 0 saturated carbocycles. The van der Waals surface area contributed by atoms with E-state index in [4.69, 9.17) is 0 Å². The van der Waals surface area contributed by atoms with Crippen molar-refractivity contribution in [2.24, 2.45) is 5.92 Å². The molecule has 1 aliphatic rings. The minimum atomic E-state index is -3.29. The number of rotatable bonds is 6. The van der Waals surface area contributed by atoms with Crippen molar-refractivity contribution >= 4 is 32.7 Å². The monoisotopic (exact) mass is 427 g/mol. The van der Waals surface area contributed by atoms with Gasteiger partial charge in [-0.05, 0) is 43.5 Å². The molecule has 1 saturated heterocycles. The van der Waals surface area contributed by atoms with Crippen LogP contribution in [0.2, 0.25) is 0 Å². The van der Waals surface area contributed by atoms with Crippen LogP contribution in [0.3, 0.4) is 0 Å². The zero-order valence-electron chi connectivity index (χ0n) is 16.9. The molecule has 2 aromatic heterocycles. The molecule has 0 bridgehead atoms. The predicted octanol–water partition coefficient (Wildman–Crippen LogP) is 2.81. The normalized spacial score (nSPS) is 17.8. The van der Waals surface area contributed by atoms with Gasteiger partial charge in [-0.1, -0.05) is 19.1 Å². The van der Waals surface area contributed by atoms with E-state index in [2.05, 4.69) is 15.3 Å². The number of amides is 1. The fourth-order valence-corrected chi connectivity index (χ4v) is 5.37. The number of nitrogens with one attached hydrogen (secondary N) is 1. The van der Waals surface area contributed by atoms with Gasteiger partial charge < -0.3 is 5.32 Å². The van der Waals surface area contributed by atoms with Gasteiger partial charge in [-0.15, -0.1) is 0 Å². The number of carbonyl (C=O) groups excluding carboxylic acids is 1. The third-order valence-corrected chi connectivity index (χ3v) is 7.37. The summed E-state index contributed by atoms with van der Waals surface area (Å²) in [7, 11) is -3.29. The van der Waals surface area contributed by atoms with E-state index in [1.165, 1.54) is 4.31 Å². The van der Waals surface area contributed by atoms with Gasteiger partial charge in [0, 0.05) is 13.1 Å². The molecule has 1 fully saturated rings. The van der Waals surface area contributed by atoms with Crippen LogP contribution in [0.1, 0.15) is 26.2 Å². The topological polar surface area (TPSA) is 97.2 Å². The summed E-state index contributed by atoms with van der Waals surface area (Å²) in [5.41, 5.74) is 2.43. The second-order valence-corrected chi connectivity index (χ2v) is 9.60. The Labute approximate surface area is 176 Å². The number of hydrogen-bond donors (Lipinski definition) is 1. The number of sulfonamides is 1. The Hall–Kier alpha value is -2.78. The molecule has 9 heteroatoms. The van der Waals surface area contributed by atoms with Gasteiger partial charge in [-0.2, -0.15) is 0 Å². The second kappa shape index (κ2) is 8.53. The number of aromatic nitrogens is 3. The average Bonchev–Trinajstić information content (AvgIpc) is 3.18. The van der Waals surface area contributed by atoms with Gasteiger partial charge in [0.1, 0.15) is 12.1 Å². The lowest BCUT2D eigenvalue weighted by Gasteiger charge is -2.31. The molecule has 0 aliphatic carbocycles. The van der Waals surface area contributed by atoms with Crippen LogP contribution in [0, 0.1) is 5.92 Å². The van der Waals surface area contributed by atoms with Crippen LogP contribution in [0.25, 0.3) is 16.9 Å².